The van der Waals surface area contributed by atoms with E-state index in [0.29, 0.717) is 50.5 Å². The third-order valence-corrected chi connectivity index (χ3v) is 8.85. The topological polar surface area (TPSA) is 70.2 Å². The fourth-order valence-corrected chi connectivity index (χ4v) is 6.91. The number of rotatable bonds is 7. The molecule has 0 radical (unpaired) electrons. The molecule has 30 heavy (non-hydrogen) atoms. The molecule has 0 spiro atoms. The van der Waals surface area contributed by atoms with Crippen LogP contribution in [0.5, 0.6) is 0 Å². The molecule has 8 heteroatoms. The highest BCUT2D eigenvalue weighted by molar-refractivity contribution is 7.89. The number of carbonyl (C=O) groups excluding carboxylic acids is 1. The molecule has 7 nitrogen and oxygen atoms in total. The summed E-state index contributed by atoms with van der Waals surface area (Å²) in [6.07, 6.45) is 5.64. The number of hydrogen-bond donors (Lipinski definition) is 0. The van der Waals surface area contributed by atoms with Crippen LogP contribution in [0.2, 0.25) is 0 Å². The summed E-state index contributed by atoms with van der Waals surface area (Å²) in [7, 11) is -3.15. The summed E-state index contributed by atoms with van der Waals surface area (Å²) in [6.45, 7) is 12.1. The van der Waals surface area contributed by atoms with Crippen LogP contribution < -0.4 is 0 Å². The van der Waals surface area contributed by atoms with Gasteiger partial charge in [0.25, 0.3) is 0 Å². The zero-order chi connectivity index (χ0) is 21.7. The molecular formula is C22H41N3O4S. The van der Waals surface area contributed by atoms with Gasteiger partial charge in [0, 0.05) is 51.7 Å². The molecular weight excluding hydrogens is 402 g/mol. The van der Waals surface area contributed by atoms with Gasteiger partial charge >= 0.3 is 0 Å². The Kier molecular flexibility index (Phi) is 8.58. The molecule has 3 saturated heterocycles. The Hall–Kier alpha value is -0.700. The van der Waals surface area contributed by atoms with Crippen LogP contribution in [-0.4, -0.2) is 92.2 Å². The van der Waals surface area contributed by atoms with Crippen molar-refractivity contribution in [2.45, 2.75) is 71.5 Å². The van der Waals surface area contributed by atoms with Crippen LogP contribution in [0.4, 0.5) is 0 Å². The van der Waals surface area contributed by atoms with Crippen molar-refractivity contribution < 1.29 is 17.9 Å². The Morgan fingerprint density at radius 3 is 2.13 bits per heavy atom. The van der Waals surface area contributed by atoms with Crippen molar-refractivity contribution in [3.8, 4) is 0 Å². The number of sulfonamides is 1. The second kappa shape index (κ2) is 10.7. The number of piperidine rings is 2. The van der Waals surface area contributed by atoms with Gasteiger partial charge in [0.2, 0.25) is 15.9 Å². The number of hydrogen-bond acceptors (Lipinski definition) is 5. The van der Waals surface area contributed by atoms with Crippen LogP contribution >= 0.6 is 0 Å². The lowest BCUT2D eigenvalue weighted by molar-refractivity contribution is -0.138. The van der Waals surface area contributed by atoms with E-state index in [1.807, 2.05) is 11.8 Å². The van der Waals surface area contributed by atoms with Crippen LogP contribution in [0.3, 0.4) is 0 Å². The van der Waals surface area contributed by atoms with E-state index in [0.717, 1.165) is 52.0 Å². The number of likely N-dealkylation sites (tertiary alicyclic amines) is 1. The molecule has 3 heterocycles. The molecule has 0 N–H and O–H groups in total. The van der Waals surface area contributed by atoms with Crippen molar-refractivity contribution in [1.29, 1.82) is 0 Å². The molecule has 0 aromatic heterocycles. The van der Waals surface area contributed by atoms with Crippen LogP contribution in [0.15, 0.2) is 0 Å². The second-order valence-corrected chi connectivity index (χ2v) is 11.7. The zero-order valence-corrected chi connectivity index (χ0v) is 19.9. The van der Waals surface area contributed by atoms with Gasteiger partial charge in [0.15, 0.2) is 0 Å². The van der Waals surface area contributed by atoms with E-state index in [9.17, 15) is 13.2 Å². The van der Waals surface area contributed by atoms with Gasteiger partial charge in [0.1, 0.15) is 0 Å². The lowest BCUT2D eigenvalue weighted by Crippen LogP contribution is -2.50. The molecule has 3 rings (SSSR count). The maximum Gasteiger partial charge on any atom is 0.225 e. The fourth-order valence-electron chi connectivity index (χ4n) is 5.23. The highest BCUT2D eigenvalue weighted by Gasteiger charge is 2.34. The number of morpholine rings is 1. The predicted octanol–water partition coefficient (Wildman–Crippen LogP) is 2.18. The molecule has 2 atom stereocenters. The van der Waals surface area contributed by atoms with E-state index in [-0.39, 0.29) is 17.6 Å². The molecule has 3 aliphatic rings. The Morgan fingerprint density at radius 1 is 0.967 bits per heavy atom. The van der Waals surface area contributed by atoms with E-state index in [1.165, 1.54) is 0 Å². The molecule has 2 unspecified atom stereocenters. The van der Waals surface area contributed by atoms with Crippen molar-refractivity contribution >= 4 is 15.9 Å². The van der Waals surface area contributed by atoms with Gasteiger partial charge in [-0.25, -0.2) is 12.7 Å². The summed E-state index contributed by atoms with van der Waals surface area (Å²) in [5.41, 5.74) is 0. The number of amides is 1. The first kappa shape index (κ1) is 24.0. The summed E-state index contributed by atoms with van der Waals surface area (Å²) < 4.78 is 32.2. The second-order valence-electron chi connectivity index (χ2n) is 9.59. The first-order valence-corrected chi connectivity index (χ1v) is 13.5. The largest absolute Gasteiger partial charge is 0.373 e. The van der Waals surface area contributed by atoms with Crippen LogP contribution in [0, 0.1) is 11.8 Å². The van der Waals surface area contributed by atoms with Crippen LogP contribution in [0.25, 0.3) is 0 Å². The SMILES string of the molecule is CCCCS(=O)(=O)N1CCC(C(=O)N2CCC(CN3CC(C)OC(C)C3)CC2)CC1. The molecule has 0 bridgehead atoms. The Balaban J connectivity index is 1.40. The lowest BCUT2D eigenvalue weighted by atomic mass is 9.92. The molecule has 0 aromatic rings. The molecule has 0 saturated carbocycles. The Morgan fingerprint density at radius 2 is 1.57 bits per heavy atom. The van der Waals surface area contributed by atoms with Gasteiger partial charge in [-0.3, -0.25) is 9.69 Å². The van der Waals surface area contributed by atoms with Crippen LogP contribution in [-0.2, 0) is 19.6 Å². The monoisotopic (exact) mass is 443 g/mol. The number of nitrogens with zero attached hydrogens (tertiary/aromatic N) is 3. The van der Waals surface area contributed by atoms with Crippen molar-refractivity contribution in [1.82, 2.24) is 14.1 Å². The van der Waals surface area contributed by atoms with E-state index in [1.54, 1.807) is 4.31 Å². The standard InChI is InChI=1S/C22H41N3O4S/c1-4-5-14-30(27,28)25-12-8-21(9-13-25)22(26)24-10-6-20(7-11-24)17-23-15-18(2)29-19(3)16-23/h18-21H,4-17H2,1-3H3. The maximum atomic E-state index is 13.0. The third kappa shape index (κ3) is 6.40. The molecule has 1 amide bonds. The molecule has 0 aromatic carbocycles. The van der Waals surface area contributed by atoms with Gasteiger partial charge in [-0.1, -0.05) is 13.3 Å². The van der Waals surface area contributed by atoms with Crippen molar-refractivity contribution in [2.24, 2.45) is 11.8 Å². The highest BCUT2D eigenvalue weighted by atomic mass is 32.2. The Labute approximate surface area is 183 Å². The van der Waals surface area contributed by atoms with E-state index in [2.05, 4.69) is 18.7 Å². The lowest BCUT2D eigenvalue weighted by Gasteiger charge is -2.40. The van der Waals surface area contributed by atoms with E-state index < -0.39 is 10.0 Å². The Bertz CT molecular complexity index is 645. The third-order valence-electron chi connectivity index (χ3n) is 6.89. The molecule has 174 valence electrons. The highest BCUT2D eigenvalue weighted by Crippen LogP contribution is 2.26. The number of carbonyl (C=O) groups is 1. The minimum absolute atomic E-state index is 0.0138. The summed E-state index contributed by atoms with van der Waals surface area (Å²) in [5, 5.41) is 0. The van der Waals surface area contributed by atoms with E-state index in [4.69, 9.17) is 4.74 Å². The van der Waals surface area contributed by atoms with Crippen molar-refractivity contribution in [3.05, 3.63) is 0 Å². The van der Waals surface area contributed by atoms with Crippen LogP contribution in [0.1, 0.15) is 59.3 Å². The molecule has 3 aliphatic heterocycles. The van der Waals surface area contributed by atoms with Gasteiger partial charge in [-0.15, -0.1) is 0 Å². The maximum absolute atomic E-state index is 13.0. The minimum Gasteiger partial charge on any atom is -0.373 e. The first-order chi connectivity index (χ1) is 14.3. The van der Waals surface area contributed by atoms with E-state index >= 15 is 0 Å². The quantitative estimate of drug-likeness (QED) is 0.603. The summed E-state index contributed by atoms with van der Waals surface area (Å²) in [4.78, 5) is 17.6. The molecule has 0 aliphatic carbocycles. The smallest absolute Gasteiger partial charge is 0.225 e. The molecule has 3 fully saturated rings. The normalized spacial score (nSPS) is 28.7. The van der Waals surface area contributed by atoms with Crippen molar-refractivity contribution in [2.75, 3.05) is 51.6 Å². The van der Waals surface area contributed by atoms with Gasteiger partial charge in [-0.05, 0) is 51.9 Å². The summed E-state index contributed by atoms with van der Waals surface area (Å²) in [6, 6.07) is 0. The predicted molar refractivity (Wildman–Crippen MR) is 119 cm³/mol. The fraction of sp³-hybridized carbons (Fsp3) is 0.955. The number of unbranched alkanes of at least 4 members (excludes halogenated alkanes) is 1. The first-order valence-electron chi connectivity index (χ1n) is 11.9. The van der Waals surface area contributed by atoms with Gasteiger partial charge in [-0.2, -0.15) is 0 Å². The van der Waals surface area contributed by atoms with Gasteiger partial charge in [0.05, 0.1) is 18.0 Å². The minimum atomic E-state index is -3.15. The average molecular weight is 444 g/mol. The van der Waals surface area contributed by atoms with Crippen molar-refractivity contribution in [3.63, 3.8) is 0 Å². The average Bonchev–Trinajstić information content (AvgIpc) is 2.72. The summed E-state index contributed by atoms with van der Waals surface area (Å²) in [5.74, 6) is 1.11. The summed E-state index contributed by atoms with van der Waals surface area (Å²) >= 11 is 0. The number of ether oxygens (including phenoxy) is 1. The van der Waals surface area contributed by atoms with Gasteiger partial charge < -0.3 is 9.64 Å². The zero-order valence-electron chi connectivity index (χ0n) is 19.1.